The fourth-order valence-electron chi connectivity index (χ4n) is 0.976. The lowest BCUT2D eigenvalue weighted by molar-refractivity contribution is -0.140. The van der Waals surface area contributed by atoms with Crippen molar-refractivity contribution in [3.8, 4) is 5.75 Å². The fourth-order valence-corrected chi connectivity index (χ4v) is 0.976. The summed E-state index contributed by atoms with van der Waals surface area (Å²) in [5, 5.41) is 0. The van der Waals surface area contributed by atoms with E-state index in [0.717, 1.165) is 5.75 Å². The predicted molar refractivity (Wildman–Crippen MR) is 52.0 cm³/mol. The van der Waals surface area contributed by atoms with E-state index in [1.807, 2.05) is 12.1 Å². The topological polar surface area (TPSA) is 35.5 Å². The molecule has 0 saturated carbocycles. The predicted octanol–water partition coefficient (Wildman–Crippen LogP) is 1.82. The van der Waals surface area contributed by atoms with Crippen LogP contribution in [0.25, 0.3) is 0 Å². The second kappa shape index (κ2) is 6.02. The molecule has 1 radical (unpaired) electrons. The molecular formula is C11H13O3. The smallest absolute Gasteiger partial charge is 0.305 e. The number of carbonyl (C=O) groups excluding carboxylic acids is 1. The highest BCUT2D eigenvalue weighted by atomic mass is 16.5. The third-order valence-corrected chi connectivity index (χ3v) is 1.71. The first kappa shape index (κ1) is 10.6. The second-order valence-corrected chi connectivity index (χ2v) is 2.76. The van der Waals surface area contributed by atoms with Crippen LogP contribution in [-0.4, -0.2) is 19.7 Å². The maximum Gasteiger partial charge on any atom is 0.305 e. The molecule has 0 heterocycles. The first-order chi connectivity index (χ1) is 6.83. The number of hydrogen-bond acceptors (Lipinski definition) is 3. The minimum Gasteiger partial charge on any atom is -0.494 e. The van der Waals surface area contributed by atoms with Gasteiger partial charge in [0.2, 0.25) is 0 Å². The summed E-state index contributed by atoms with van der Waals surface area (Å²) < 4.78 is 9.88. The normalized spacial score (nSPS) is 9.50. The third-order valence-electron chi connectivity index (χ3n) is 1.71. The number of esters is 1. The Morgan fingerprint density at radius 2 is 2.14 bits per heavy atom. The molecule has 0 bridgehead atoms. The maximum absolute atomic E-state index is 10.7. The molecule has 3 nitrogen and oxygen atoms in total. The molecule has 0 fully saturated rings. The van der Waals surface area contributed by atoms with Crippen LogP contribution in [0.1, 0.15) is 12.8 Å². The first-order valence-corrected chi connectivity index (χ1v) is 4.48. The third kappa shape index (κ3) is 3.94. The van der Waals surface area contributed by atoms with E-state index < -0.39 is 0 Å². The van der Waals surface area contributed by atoms with Crippen molar-refractivity contribution in [1.82, 2.24) is 0 Å². The van der Waals surface area contributed by atoms with Crippen molar-refractivity contribution >= 4 is 5.97 Å². The molecule has 0 atom stereocenters. The summed E-state index contributed by atoms with van der Waals surface area (Å²) in [6, 6.07) is 10.1. The number of methoxy groups -OCH3 is 1. The quantitative estimate of drug-likeness (QED) is 0.528. The van der Waals surface area contributed by atoms with E-state index in [0.29, 0.717) is 19.4 Å². The van der Waals surface area contributed by atoms with Crippen LogP contribution in [0.3, 0.4) is 0 Å². The van der Waals surface area contributed by atoms with Crippen molar-refractivity contribution < 1.29 is 14.3 Å². The summed E-state index contributed by atoms with van der Waals surface area (Å²) in [5.74, 6) is 0.601. The van der Waals surface area contributed by atoms with Gasteiger partial charge in [-0.1, -0.05) is 12.1 Å². The Kier molecular flexibility index (Phi) is 4.55. The molecule has 0 amide bonds. The van der Waals surface area contributed by atoms with E-state index in [4.69, 9.17) is 4.74 Å². The van der Waals surface area contributed by atoms with E-state index >= 15 is 0 Å². The molecule has 75 valence electrons. The lowest BCUT2D eigenvalue weighted by atomic mass is 10.3. The molecule has 0 N–H and O–H groups in total. The molecule has 14 heavy (non-hydrogen) atoms. The molecule has 0 aliphatic carbocycles. The number of hydrogen-bond donors (Lipinski definition) is 0. The molecule has 0 saturated heterocycles. The first-order valence-electron chi connectivity index (χ1n) is 4.48. The Balaban J connectivity index is 2.13. The van der Waals surface area contributed by atoms with Gasteiger partial charge in [-0.2, -0.15) is 0 Å². The van der Waals surface area contributed by atoms with Crippen LogP contribution in [0.5, 0.6) is 5.75 Å². The Labute approximate surface area is 83.6 Å². The van der Waals surface area contributed by atoms with E-state index in [2.05, 4.69) is 10.8 Å². The maximum atomic E-state index is 10.7. The van der Waals surface area contributed by atoms with Gasteiger partial charge in [-0.25, -0.2) is 0 Å². The van der Waals surface area contributed by atoms with Crippen LogP contribution >= 0.6 is 0 Å². The largest absolute Gasteiger partial charge is 0.494 e. The summed E-state index contributed by atoms with van der Waals surface area (Å²) in [5.41, 5.74) is 0. The Hall–Kier alpha value is -1.51. The average molecular weight is 193 g/mol. The van der Waals surface area contributed by atoms with Crippen molar-refractivity contribution in [2.24, 2.45) is 0 Å². The van der Waals surface area contributed by atoms with E-state index in [9.17, 15) is 4.79 Å². The monoisotopic (exact) mass is 193 g/mol. The van der Waals surface area contributed by atoms with Gasteiger partial charge in [-0.05, 0) is 24.6 Å². The van der Waals surface area contributed by atoms with E-state index in [-0.39, 0.29) is 5.97 Å². The van der Waals surface area contributed by atoms with Crippen LogP contribution < -0.4 is 4.74 Å². The van der Waals surface area contributed by atoms with Crippen LogP contribution in [0.15, 0.2) is 24.3 Å². The molecule has 0 aromatic heterocycles. The van der Waals surface area contributed by atoms with E-state index in [1.165, 1.54) is 7.11 Å². The van der Waals surface area contributed by atoms with Gasteiger partial charge in [-0.15, -0.1) is 0 Å². The van der Waals surface area contributed by atoms with Gasteiger partial charge in [0.15, 0.2) is 0 Å². The van der Waals surface area contributed by atoms with Crippen molar-refractivity contribution in [3.63, 3.8) is 0 Å². The Morgan fingerprint density at radius 3 is 2.79 bits per heavy atom. The summed E-state index contributed by atoms with van der Waals surface area (Å²) >= 11 is 0. The fraction of sp³-hybridized carbons (Fsp3) is 0.364. The van der Waals surface area contributed by atoms with E-state index in [1.54, 1.807) is 12.1 Å². The van der Waals surface area contributed by atoms with Crippen molar-refractivity contribution in [2.45, 2.75) is 12.8 Å². The number of ether oxygens (including phenoxy) is 2. The molecule has 0 aliphatic heterocycles. The summed E-state index contributed by atoms with van der Waals surface area (Å²) in [7, 11) is 1.39. The molecule has 1 rings (SSSR count). The number of rotatable bonds is 5. The molecular weight excluding hydrogens is 180 g/mol. The van der Waals surface area contributed by atoms with Crippen LogP contribution in [0.4, 0.5) is 0 Å². The van der Waals surface area contributed by atoms with Gasteiger partial charge in [0.25, 0.3) is 0 Å². The molecule has 0 aliphatic rings. The van der Waals surface area contributed by atoms with Crippen molar-refractivity contribution in [1.29, 1.82) is 0 Å². The van der Waals surface area contributed by atoms with Crippen molar-refractivity contribution in [2.75, 3.05) is 13.7 Å². The average Bonchev–Trinajstić information content (AvgIpc) is 2.25. The van der Waals surface area contributed by atoms with Crippen LogP contribution in [-0.2, 0) is 9.53 Å². The van der Waals surface area contributed by atoms with Gasteiger partial charge in [-0.3, -0.25) is 4.79 Å². The van der Waals surface area contributed by atoms with Gasteiger partial charge in [0, 0.05) is 6.42 Å². The highest BCUT2D eigenvalue weighted by molar-refractivity contribution is 5.68. The molecule has 1 aromatic carbocycles. The summed E-state index contributed by atoms with van der Waals surface area (Å²) in [6.07, 6.45) is 1.07. The van der Waals surface area contributed by atoms with Gasteiger partial charge in [0.05, 0.1) is 13.7 Å². The minimum absolute atomic E-state index is 0.199. The Morgan fingerprint density at radius 1 is 1.43 bits per heavy atom. The zero-order valence-electron chi connectivity index (χ0n) is 8.16. The number of carbonyl (C=O) groups is 1. The van der Waals surface area contributed by atoms with Crippen molar-refractivity contribution in [3.05, 3.63) is 30.3 Å². The molecule has 1 aromatic rings. The van der Waals surface area contributed by atoms with Crippen LogP contribution in [0.2, 0.25) is 0 Å². The van der Waals surface area contributed by atoms with Gasteiger partial charge < -0.3 is 9.47 Å². The summed E-state index contributed by atoms with van der Waals surface area (Å²) in [6.45, 7) is 0.527. The van der Waals surface area contributed by atoms with Gasteiger partial charge in [0.1, 0.15) is 5.75 Å². The molecule has 3 heteroatoms. The lowest BCUT2D eigenvalue weighted by Gasteiger charge is -2.04. The SMILES string of the molecule is COC(=O)CCCOc1cc[c]cc1. The highest BCUT2D eigenvalue weighted by Gasteiger charge is 1.99. The number of benzene rings is 1. The van der Waals surface area contributed by atoms with Crippen LogP contribution in [0, 0.1) is 6.07 Å². The molecule has 0 unspecified atom stereocenters. The standard InChI is InChI=1S/C11H13O3/c1-13-11(12)8-5-9-14-10-6-3-2-4-7-10/h3-4,6-7H,5,8-9H2,1H3. The Bertz CT molecular complexity index is 269. The molecule has 0 spiro atoms. The highest BCUT2D eigenvalue weighted by Crippen LogP contribution is 2.08. The lowest BCUT2D eigenvalue weighted by Crippen LogP contribution is -2.04. The zero-order chi connectivity index (χ0) is 10.2. The minimum atomic E-state index is -0.199. The van der Waals surface area contributed by atoms with Gasteiger partial charge >= 0.3 is 5.97 Å². The second-order valence-electron chi connectivity index (χ2n) is 2.76. The summed E-state index contributed by atoms with van der Waals surface area (Å²) in [4.78, 5) is 10.7. The zero-order valence-corrected chi connectivity index (χ0v) is 8.16.